The Hall–Kier alpha value is -1.78. The molecule has 146 valence electrons. The van der Waals surface area contributed by atoms with Crippen LogP contribution in [-0.4, -0.2) is 22.6 Å². The molecule has 0 bridgehead atoms. The maximum Gasteiger partial charge on any atom is 0.309 e. The minimum absolute atomic E-state index is 0.00171. The Kier molecular flexibility index (Phi) is 3.92. The van der Waals surface area contributed by atoms with Crippen LogP contribution in [0.4, 0.5) is 0 Å². The van der Waals surface area contributed by atoms with E-state index in [1.807, 2.05) is 13.8 Å². The summed E-state index contributed by atoms with van der Waals surface area (Å²) in [7, 11) is 0. The number of carbonyl (C=O) groups is 2. The second-order valence-corrected chi connectivity index (χ2v) is 9.01. The van der Waals surface area contributed by atoms with Gasteiger partial charge >= 0.3 is 11.9 Å². The Morgan fingerprint density at radius 3 is 2.67 bits per heavy atom. The van der Waals surface area contributed by atoms with Crippen LogP contribution < -0.4 is 0 Å². The molecule has 2 saturated heterocycles. The fourth-order valence-electron chi connectivity index (χ4n) is 6.19. The van der Waals surface area contributed by atoms with E-state index in [0.717, 1.165) is 37.9 Å². The van der Waals surface area contributed by atoms with Crippen LogP contribution >= 0.6 is 0 Å². The molecule has 2 fully saturated rings. The van der Waals surface area contributed by atoms with E-state index in [1.54, 1.807) is 0 Å². The van der Waals surface area contributed by atoms with E-state index >= 15 is 0 Å². The van der Waals surface area contributed by atoms with Crippen molar-refractivity contribution in [2.24, 2.45) is 17.8 Å². The van der Waals surface area contributed by atoms with Gasteiger partial charge < -0.3 is 14.0 Å². The number of carbonyl (C=O) groups excluding carboxylic acids is 2. The number of cyclic esters (lactones) is 1. The minimum Gasteiger partial charge on any atom is -0.461 e. The van der Waals surface area contributed by atoms with Crippen LogP contribution in [0.15, 0.2) is 6.07 Å². The van der Waals surface area contributed by atoms with Crippen LogP contribution in [0.3, 0.4) is 0 Å². The van der Waals surface area contributed by atoms with Crippen LogP contribution in [-0.2, 0) is 25.6 Å². The fraction of sp³-hybridized carbons (Fsp3) is 0.727. The minimum atomic E-state index is -0.149. The van der Waals surface area contributed by atoms with Crippen LogP contribution in [0.25, 0.3) is 0 Å². The highest BCUT2D eigenvalue weighted by Crippen LogP contribution is 2.55. The van der Waals surface area contributed by atoms with E-state index < -0.39 is 0 Å². The SMILES string of the molecule is CCC1[C@H]2OC(=O)C(C)[C@H]2c2cc([C@@H]3CC(C)C(=O)O3)n3c2[C@@H]1CCCC3. The van der Waals surface area contributed by atoms with Crippen molar-refractivity contribution in [3.05, 3.63) is 23.0 Å². The van der Waals surface area contributed by atoms with Gasteiger partial charge in [-0.15, -0.1) is 0 Å². The van der Waals surface area contributed by atoms with Crippen molar-refractivity contribution in [2.75, 3.05) is 0 Å². The quantitative estimate of drug-likeness (QED) is 0.736. The lowest BCUT2D eigenvalue weighted by Gasteiger charge is -2.39. The van der Waals surface area contributed by atoms with Gasteiger partial charge in [-0.3, -0.25) is 9.59 Å². The van der Waals surface area contributed by atoms with Crippen molar-refractivity contribution < 1.29 is 19.1 Å². The van der Waals surface area contributed by atoms with Crippen LogP contribution in [0.2, 0.25) is 0 Å². The Balaban J connectivity index is 1.67. The Bertz CT molecular complexity index is 796. The summed E-state index contributed by atoms with van der Waals surface area (Å²) in [5.41, 5.74) is 3.85. The molecule has 4 heterocycles. The predicted octanol–water partition coefficient (Wildman–Crippen LogP) is 4.06. The second-order valence-electron chi connectivity index (χ2n) is 9.01. The van der Waals surface area contributed by atoms with Gasteiger partial charge in [-0.1, -0.05) is 27.2 Å². The second kappa shape index (κ2) is 6.11. The number of aromatic nitrogens is 1. The summed E-state index contributed by atoms with van der Waals surface area (Å²) in [6, 6.07) is 2.26. The van der Waals surface area contributed by atoms with E-state index in [4.69, 9.17) is 9.47 Å². The monoisotopic (exact) mass is 371 g/mol. The number of ether oxygens (including phenoxy) is 2. The zero-order valence-corrected chi connectivity index (χ0v) is 16.4. The van der Waals surface area contributed by atoms with Crippen LogP contribution in [0.5, 0.6) is 0 Å². The Morgan fingerprint density at radius 2 is 1.96 bits per heavy atom. The maximum absolute atomic E-state index is 12.4. The average molecular weight is 371 g/mol. The maximum atomic E-state index is 12.4. The van der Waals surface area contributed by atoms with Gasteiger partial charge in [0.1, 0.15) is 12.2 Å². The van der Waals surface area contributed by atoms with Gasteiger partial charge in [-0.05, 0) is 30.9 Å². The summed E-state index contributed by atoms with van der Waals surface area (Å²) in [5.74, 6) is 0.690. The molecule has 3 aliphatic heterocycles. The number of esters is 2. The molecule has 1 aromatic rings. The third kappa shape index (κ3) is 2.36. The largest absolute Gasteiger partial charge is 0.461 e. The molecule has 0 amide bonds. The Morgan fingerprint density at radius 1 is 1.15 bits per heavy atom. The molecular weight excluding hydrogens is 342 g/mol. The summed E-state index contributed by atoms with van der Waals surface area (Å²) in [6.45, 7) is 7.17. The predicted molar refractivity (Wildman–Crippen MR) is 99.2 cm³/mol. The van der Waals surface area contributed by atoms with Crippen molar-refractivity contribution in [3.8, 4) is 0 Å². The third-order valence-corrected chi connectivity index (χ3v) is 7.54. The molecule has 1 aliphatic carbocycles. The lowest BCUT2D eigenvalue weighted by molar-refractivity contribution is -0.146. The number of fused-ring (bicyclic) bond motifs is 2. The first-order valence-electron chi connectivity index (χ1n) is 10.7. The van der Waals surface area contributed by atoms with Gasteiger partial charge in [0, 0.05) is 36.4 Å². The number of hydrogen-bond acceptors (Lipinski definition) is 4. The molecule has 4 aliphatic rings. The van der Waals surface area contributed by atoms with Crippen LogP contribution in [0.1, 0.15) is 87.8 Å². The zero-order chi connectivity index (χ0) is 18.9. The molecule has 5 heteroatoms. The van der Waals surface area contributed by atoms with Crippen molar-refractivity contribution in [1.29, 1.82) is 0 Å². The van der Waals surface area contributed by atoms with Gasteiger partial charge in [-0.25, -0.2) is 0 Å². The van der Waals surface area contributed by atoms with Gasteiger partial charge in [0.25, 0.3) is 0 Å². The van der Waals surface area contributed by atoms with Gasteiger partial charge in [0.2, 0.25) is 0 Å². The number of rotatable bonds is 2. The van der Waals surface area contributed by atoms with Gasteiger partial charge in [0.05, 0.1) is 17.5 Å². The van der Waals surface area contributed by atoms with Gasteiger partial charge in [-0.2, -0.15) is 0 Å². The first-order chi connectivity index (χ1) is 13.0. The molecule has 0 spiro atoms. The van der Waals surface area contributed by atoms with E-state index in [0.29, 0.717) is 11.8 Å². The molecule has 3 unspecified atom stereocenters. The van der Waals surface area contributed by atoms with E-state index in [-0.39, 0.29) is 41.9 Å². The fourth-order valence-corrected chi connectivity index (χ4v) is 6.19. The Labute approximate surface area is 160 Å². The first-order valence-corrected chi connectivity index (χ1v) is 10.7. The highest BCUT2D eigenvalue weighted by molar-refractivity contribution is 5.77. The van der Waals surface area contributed by atoms with E-state index in [9.17, 15) is 9.59 Å². The lowest BCUT2D eigenvalue weighted by atomic mass is 9.66. The van der Waals surface area contributed by atoms with Crippen molar-refractivity contribution in [2.45, 2.75) is 83.5 Å². The molecule has 27 heavy (non-hydrogen) atoms. The topological polar surface area (TPSA) is 57.5 Å². The van der Waals surface area contributed by atoms with Crippen molar-refractivity contribution in [3.63, 3.8) is 0 Å². The molecule has 0 radical (unpaired) electrons. The molecule has 7 atom stereocenters. The van der Waals surface area contributed by atoms with Gasteiger partial charge in [0.15, 0.2) is 0 Å². The van der Waals surface area contributed by atoms with E-state index in [2.05, 4.69) is 17.6 Å². The molecule has 0 saturated carbocycles. The van der Waals surface area contributed by atoms with E-state index in [1.165, 1.54) is 17.7 Å². The van der Waals surface area contributed by atoms with Crippen molar-refractivity contribution >= 4 is 11.9 Å². The van der Waals surface area contributed by atoms with Crippen molar-refractivity contribution in [1.82, 2.24) is 4.57 Å². The van der Waals surface area contributed by atoms with Crippen LogP contribution in [0, 0.1) is 17.8 Å². The first kappa shape index (κ1) is 17.3. The summed E-state index contributed by atoms with van der Waals surface area (Å²) < 4.78 is 14.1. The highest BCUT2D eigenvalue weighted by Gasteiger charge is 2.54. The molecular formula is C22H29NO4. The number of hydrogen-bond donors (Lipinski definition) is 0. The third-order valence-electron chi connectivity index (χ3n) is 7.54. The highest BCUT2D eigenvalue weighted by atomic mass is 16.6. The summed E-state index contributed by atoms with van der Waals surface area (Å²) >= 11 is 0. The average Bonchev–Trinajstić information content (AvgIpc) is 3.20. The summed E-state index contributed by atoms with van der Waals surface area (Å²) in [6.07, 6.45) is 5.14. The smallest absolute Gasteiger partial charge is 0.309 e. The molecule has 5 rings (SSSR count). The standard InChI is InChI=1S/C22H29NO4/c1-4-13-14-7-5-6-8-23-16(17-9-11(2)21(24)26-17)10-15(19(14)23)18-12(3)22(25)27-20(13)18/h10-14,17-18,20H,4-9H2,1-3H3/t11?,12?,13?,14-,17+,18+,20-/m1/s1. The molecule has 0 aromatic carbocycles. The molecule has 5 nitrogen and oxygen atoms in total. The molecule has 1 aromatic heterocycles. The summed E-state index contributed by atoms with van der Waals surface area (Å²) in [5, 5.41) is 0. The normalized spacial score (nSPS) is 40.2. The molecule has 0 N–H and O–H groups in total. The number of nitrogens with zero attached hydrogens (tertiary/aromatic N) is 1. The zero-order valence-electron chi connectivity index (χ0n) is 16.4. The lowest BCUT2D eigenvalue weighted by Crippen LogP contribution is -2.36. The summed E-state index contributed by atoms with van der Waals surface area (Å²) in [4.78, 5) is 24.5.